The van der Waals surface area contributed by atoms with E-state index in [0.717, 1.165) is 0 Å². The maximum atomic E-state index is 13.1. The van der Waals surface area contributed by atoms with Gasteiger partial charge in [-0.15, -0.1) is 0 Å². The van der Waals surface area contributed by atoms with Crippen molar-refractivity contribution in [3.8, 4) is 0 Å². The predicted octanol–water partition coefficient (Wildman–Crippen LogP) is 1.74. The molecule has 0 saturated carbocycles. The Labute approximate surface area is 81.4 Å². The molecule has 1 rings (SSSR count). The van der Waals surface area contributed by atoms with Gasteiger partial charge in [-0.1, -0.05) is 6.07 Å². The quantitative estimate of drug-likeness (QED) is 0.779. The molecule has 1 atom stereocenters. The third-order valence-corrected chi connectivity index (χ3v) is 2.04. The molecule has 0 aliphatic carbocycles. The lowest BCUT2D eigenvalue weighted by molar-refractivity contribution is 0.279. The molecule has 0 aromatic heterocycles. The van der Waals surface area contributed by atoms with Crippen LogP contribution in [0.4, 0.5) is 8.78 Å². The standard InChI is InChI=1S/C10H13F2NO/c11-7-3-1-4-8(12)10(7)9(13)5-2-6-14/h1,3-4,9,14H,2,5-6,13H2/t9-/m0/s1. The fraction of sp³-hybridized carbons (Fsp3) is 0.400. The van der Waals surface area contributed by atoms with Crippen molar-refractivity contribution in [3.63, 3.8) is 0 Å². The smallest absolute Gasteiger partial charge is 0.130 e. The van der Waals surface area contributed by atoms with E-state index in [1.165, 1.54) is 18.2 Å². The highest BCUT2D eigenvalue weighted by atomic mass is 19.1. The molecule has 0 amide bonds. The molecule has 1 aromatic rings. The molecule has 0 heterocycles. The molecule has 0 saturated heterocycles. The Morgan fingerprint density at radius 1 is 1.29 bits per heavy atom. The number of nitrogens with two attached hydrogens (primary N) is 1. The van der Waals surface area contributed by atoms with Gasteiger partial charge in [-0.25, -0.2) is 8.78 Å². The van der Waals surface area contributed by atoms with Gasteiger partial charge in [0, 0.05) is 18.2 Å². The number of halogens is 2. The Morgan fingerprint density at radius 3 is 2.36 bits per heavy atom. The van der Waals surface area contributed by atoms with Crippen LogP contribution in [0.2, 0.25) is 0 Å². The summed E-state index contributed by atoms with van der Waals surface area (Å²) >= 11 is 0. The fourth-order valence-corrected chi connectivity index (χ4v) is 1.32. The average molecular weight is 201 g/mol. The van der Waals surface area contributed by atoms with Crippen LogP contribution in [0, 0.1) is 11.6 Å². The minimum Gasteiger partial charge on any atom is -0.396 e. The summed E-state index contributed by atoms with van der Waals surface area (Å²) in [5, 5.41) is 8.56. The molecule has 0 fully saturated rings. The van der Waals surface area contributed by atoms with Gasteiger partial charge in [0.15, 0.2) is 0 Å². The monoisotopic (exact) mass is 201 g/mol. The number of hydrogen-bond donors (Lipinski definition) is 2. The highest BCUT2D eigenvalue weighted by molar-refractivity contribution is 5.22. The largest absolute Gasteiger partial charge is 0.396 e. The van der Waals surface area contributed by atoms with Crippen LogP contribution in [0.5, 0.6) is 0 Å². The van der Waals surface area contributed by atoms with Crippen LogP contribution < -0.4 is 5.73 Å². The Morgan fingerprint density at radius 2 is 1.86 bits per heavy atom. The molecule has 0 bridgehead atoms. The van der Waals surface area contributed by atoms with Crippen molar-refractivity contribution in [3.05, 3.63) is 35.4 Å². The molecular weight excluding hydrogens is 188 g/mol. The van der Waals surface area contributed by atoms with Gasteiger partial charge in [-0.05, 0) is 25.0 Å². The maximum Gasteiger partial charge on any atom is 0.130 e. The van der Waals surface area contributed by atoms with Crippen LogP contribution in [-0.2, 0) is 0 Å². The first-order chi connectivity index (χ1) is 6.66. The second-order valence-corrected chi connectivity index (χ2v) is 3.11. The first kappa shape index (κ1) is 11.1. The van der Waals surface area contributed by atoms with E-state index in [9.17, 15) is 8.78 Å². The molecule has 0 spiro atoms. The van der Waals surface area contributed by atoms with E-state index < -0.39 is 17.7 Å². The van der Waals surface area contributed by atoms with Crippen molar-refractivity contribution in [2.45, 2.75) is 18.9 Å². The van der Waals surface area contributed by atoms with Crippen LogP contribution in [0.15, 0.2) is 18.2 Å². The molecular formula is C10H13F2NO. The van der Waals surface area contributed by atoms with Crippen molar-refractivity contribution < 1.29 is 13.9 Å². The van der Waals surface area contributed by atoms with Crippen LogP contribution >= 0.6 is 0 Å². The summed E-state index contributed by atoms with van der Waals surface area (Å²) in [7, 11) is 0. The minimum atomic E-state index is -0.691. The normalized spacial score (nSPS) is 12.9. The fourth-order valence-electron chi connectivity index (χ4n) is 1.32. The van der Waals surface area contributed by atoms with Crippen molar-refractivity contribution in [1.82, 2.24) is 0 Å². The Bertz CT molecular complexity index is 284. The van der Waals surface area contributed by atoms with Gasteiger partial charge in [0.1, 0.15) is 11.6 Å². The maximum absolute atomic E-state index is 13.1. The molecule has 0 radical (unpaired) electrons. The van der Waals surface area contributed by atoms with Crippen LogP contribution in [0.3, 0.4) is 0 Å². The van der Waals surface area contributed by atoms with Crippen molar-refractivity contribution in [2.75, 3.05) is 6.61 Å². The van der Waals surface area contributed by atoms with Gasteiger partial charge in [0.05, 0.1) is 0 Å². The van der Waals surface area contributed by atoms with E-state index in [1.54, 1.807) is 0 Å². The lowest BCUT2D eigenvalue weighted by atomic mass is 10.0. The van der Waals surface area contributed by atoms with Crippen LogP contribution in [0.1, 0.15) is 24.4 Å². The molecule has 2 nitrogen and oxygen atoms in total. The van der Waals surface area contributed by atoms with Crippen molar-refractivity contribution in [1.29, 1.82) is 0 Å². The molecule has 1 aromatic carbocycles. The zero-order valence-corrected chi connectivity index (χ0v) is 7.71. The molecule has 3 N–H and O–H groups in total. The van der Waals surface area contributed by atoms with Gasteiger partial charge in [0.25, 0.3) is 0 Å². The number of aliphatic hydroxyl groups is 1. The Balaban J connectivity index is 2.82. The van der Waals surface area contributed by atoms with Crippen molar-refractivity contribution >= 4 is 0 Å². The summed E-state index contributed by atoms with van der Waals surface area (Å²) in [5.74, 6) is -1.26. The van der Waals surface area contributed by atoms with Crippen LogP contribution in [-0.4, -0.2) is 11.7 Å². The third kappa shape index (κ3) is 2.49. The van der Waals surface area contributed by atoms with E-state index in [0.29, 0.717) is 12.8 Å². The lowest BCUT2D eigenvalue weighted by Gasteiger charge is -2.12. The van der Waals surface area contributed by atoms with Gasteiger partial charge in [-0.2, -0.15) is 0 Å². The first-order valence-corrected chi connectivity index (χ1v) is 4.47. The highest BCUT2D eigenvalue weighted by Crippen LogP contribution is 2.21. The number of benzene rings is 1. The van der Waals surface area contributed by atoms with E-state index in [1.807, 2.05) is 0 Å². The van der Waals surface area contributed by atoms with Crippen LogP contribution in [0.25, 0.3) is 0 Å². The summed E-state index contributed by atoms with van der Waals surface area (Å²) in [4.78, 5) is 0. The zero-order valence-electron chi connectivity index (χ0n) is 7.71. The highest BCUT2D eigenvalue weighted by Gasteiger charge is 2.15. The zero-order chi connectivity index (χ0) is 10.6. The first-order valence-electron chi connectivity index (χ1n) is 4.47. The predicted molar refractivity (Wildman–Crippen MR) is 49.6 cm³/mol. The Hall–Kier alpha value is -1.00. The minimum absolute atomic E-state index is 0.0240. The van der Waals surface area contributed by atoms with E-state index in [4.69, 9.17) is 10.8 Å². The summed E-state index contributed by atoms with van der Waals surface area (Å²) in [6.45, 7) is -0.0240. The third-order valence-electron chi connectivity index (χ3n) is 2.04. The lowest BCUT2D eigenvalue weighted by Crippen LogP contribution is -2.14. The SMILES string of the molecule is N[C@@H](CCCO)c1c(F)cccc1F. The summed E-state index contributed by atoms with van der Waals surface area (Å²) in [6, 6.07) is 2.96. The molecule has 4 heteroatoms. The molecule has 78 valence electrons. The molecule has 0 aliphatic heterocycles. The van der Waals surface area contributed by atoms with Gasteiger partial charge in [-0.3, -0.25) is 0 Å². The van der Waals surface area contributed by atoms with Crippen molar-refractivity contribution in [2.24, 2.45) is 5.73 Å². The summed E-state index contributed by atoms with van der Waals surface area (Å²) in [5.41, 5.74) is 5.50. The van der Waals surface area contributed by atoms with Gasteiger partial charge in [0.2, 0.25) is 0 Å². The number of hydrogen-bond acceptors (Lipinski definition) is 2. The van der Waals surface area contributed by atoms with Gasteiger partial charge < -0.3 is 10.8 Å². The average Bonchev–Trinajstić information content (AvgIpc) is 2.14. The second kappa shape index (κ2) is 5.02. The van der Waals surface area contributed by atoms with E-state index in [-0.39, 0.29) is 12.2 Å². The molecule has 0 aliphatic rings. The van der Waals surface area contributed by atoms with E-state index in [2.05, 4.69) is 0 Å². The summed E-state index contributed by atoms with van der Waals surface area (Å²) < 4.78 is 26.3. The number of rotatable bonds is 4. The topological polar surface area (TPSA) is 46.2 Å². The summed E-state index contributed by atoms with van der Waals surface area (Å²) in [6.07, 6.45) is 0.809. The number of aliphatic hydroxyl groups excluding tert-OH is 1. The van der Waals surface area contributed by atoms with E-state index >= 15 is 0 Å². The molecule has 0 unspecified atom stereocenters. The Kier molecular flexibility index (Phi) is 3.98. The second-order valence-electron chi connectivity index (χ2n) is 3.11. The van der Waals surface area contributed by atoms with Gasteiger partial charge >= 0.3 is 0 Å². The molecule has 14 heavy (non-hydrogen) atoms.